The molecule has 0 saturated heterocycles. The van der Waals surface area contributed by atoms with Gasteiger partial charge in [-0.15, -0.1) is 0 Å². The molecular weight excluding hydrogens is 270 g/mol. The molecule has 3 rings (SSSR count). The summed E-state index contributed by atoms with van der Waals surface area (Å²) in [6.07, 6.45) is 1.78. The lowest BCUT2D eigenvalue weighted by Crippen LogP contribution is -2.15. The summed E-state index contributed by atoms with van der Waals surface area (Å²) in [5.74, 6) is -1.62. The minimum Gasteiger partial charge on any atom is -0.477 e. The second-order valence-corrected chi connectivity index (χ2v) is 4.41. The van der Waals surface area contributed by atoms with E-state index in [2.05, 4.69) is 15.3 Å². The Balaban J connectivity index is 1.91. The lowest BCUT2D eigenvalue weighted by Gasteiger charge is -2.06. The fourth-order valence-electron chi connectivity index (χ4n) is 2.06. The lowest BCUT2D eigenvalue weighted by molar-refractivity contribution is 0.0690. The van der Waals surface area contributed by atoms with Crippen molar-refractivity contribution < 1.29 is 14.7 Å². The van der Waals surface area contributed by atoms with Gasteiger partial charge in [-0.05, 0) is 30.3 Å². The number of nitrogens with zero attached hydrogens (tertiary/aromatic N) is 1. The third-order valence-electron chi connectivity index (χ3n) is 3.04. The summed E-state index contributed by atoms with van der Waals surface area (Å²) < 4.78 is 0. The number of carboxylic acids is 1. The highest BCUT2D eigenvalue weighted by Crippen LogP contribution is 2.22. The molecule has 6 heteroatoms. The Morgan fingerprint density at radius 1 is 1.05 bits per heavy atom. The number of benzene rings is 1. The molecule has 0 aliphatic rings. The van der Waals surface area contributed by atoms with E-state index in [0.717, 1.165) is 10.9 Å². The molecular formula is C15H11N3O3. The van der Waals surface area contributed by atoms with Crippen LogP contribution in [-0.4, -0.2) is 27.0 Å². The summed E-state index contributed by atoms with van der Waals surface area (Å²) in [5.41, 5.74) is 1.44. The smallest absolute Gasteiger partial charge is 0.354 e. The number of nitrogens with one attached hydrogen (secondary N) is 2. The lowest BCUT2D eigenvalue weighted by atomic mass is 10.2. The van der Waals surface area contributed by atoms with Crippen molar-refractivity contribution in [3.05, 3.63) is 60.0 Å². The molecule has 0 radical (unpaired) electrons. The molecule has 0 aliphatic carbocycles. The van der Waals surface area contributed by atoms with Gasteiger partial charge >= 0.3 is 5.97 Å². The van der Waals surface area contributed by atoms with Gasteiger partial charge < -0.3 is 15.4 Å². The van der Waals surface area contributed by atoms with E-state index in [0.29, 0.717) is 5.69 Å². The van der Waals surface area contributed by atoms with Crippen LogP contribution in [0.25, 0.3) is 10.9 Å². The number of aromatic amines is 1. The van der Waals surface area contributed by atoms with Crippen molar-refractivity contribution in [2.45, 2.75) is 0 Å². The zero-order valence-electron chi connectivity index (χ0n) is 10.8. The van der Waals surface area contributed by atoms with Crippen LogP contribution < -0.4 is 5.32 Å². The maximum Gasteiger partial charge on any atom is 0.354 e. The van der Waals surface area contributed by atoms with E-state index < -0.39 is 11.9 Å². The van der Waals surface area contributed by atoms with Crippen LogP contribution in [0, 0.1) is 0 Å². The fourth-order valence-corrected chi connectivity index (χ4v) is 2.06. The van der Waals surface area contributed by atoms with Gasteiger partial charge in [-0.1, -0.05) is 12.1 Å². The highest BCUT2D eigenvalue weighted by Gasteiger charge is 2.12. The van der Waals surface area contributed by atoms with E-state index >= 15 is 0 Å². The van der Waals surface area contributed by atoms with Crippen molar-refractivity contribution in [2.24, 2.45) is 0 Å². The minimum absolute atomic E-state index is 0.0578. The Morgan fingerprint density at radius 3 is 2.62 bits per heavy atom. The Kier molecular flexibility index (Phi) is 3.12. The van der Waals surface area contributed by atoms with Gasteiger partial charge in [0.05, 0.1) is 5.69 Å². The van der Waals surface area contributed by atoms with Crippen LogP contribution in [0.4, 0.5) is 5.69 Å². The number of fused-ring (bicyclic) bond motifs is 1. The number of anilines is 1. The van der Waals surface area contributed by atoms with Gasteiger partial charge in [-0.2, -0.15) is 0 Å². The van der Waals surface area contributed by atoms with Crippen LogP contribution in [-0.2, 0) is 0 Å². The van der Waals surface area contributed by atoms with Gasteiger partial charge in [0.25, 0.3) is 5.91 Å². The van der Waals surface area contributed by atoms with Crippen molar-refractivity contribution in [3.8, 4) is 0 Å². The van der Waals surface area contributed by atoms with E-state index in [1.807, 2.05) is 18.2 Å². The van der Waals surface area contributed by atoms with E-state index in [-0.39, 0.29) is 11.4 Å². The molecule has 0 saturated carbocycles. The number of H-pyrrole nitrogens is 1. The molecule has 0 spiro atoms. The van der Waals surface area contributed by atoms with Crippen LogP contribution in [0.3, 0.4) is 0 Å². The van der Waals surface area contributed by atoms with Gasteiger partial charge in [0.2, 0.25) is 0 Å². The molecule has 0 aliphatic heterocycles. The first-order valence-electron chi connectivity index (χ1n) is 6.23. The highest BCUT2D eigenvalue weighted by atomic mass is 16.4. The van der Waals surface area contributed by atoms with Crippen molar-refractivity contribution >= 4 is 28.5 Å². The summed E-state index contributed by atoms with van der Waals surface area (Å²) in [6.45, 7) is 0. The highest BCUT2D eigenvalue weighted by molar-refractivity contribution is 6.08. The number of rotatable bonds is 3. The molecule has 3 N–H and O–H groups in total. The van der Waals surface area contributed by atoms with Crippen LogP contribution in [0.15, 0.2) is 48.7 Å². The first-order chi connectivity index (χ1) is 10.1. The predicted molar refractivity (Wildman–Crippen MR) is 77.4 cm³/mol. The van der Waals surface area contributed by atoms with Gasteiger partial charge in [-0.3, -0.25) is 4.79 Å². The molecule has 1 aromatic carbocycles. The van der Waals surface area contributed by atoms with Crippen LogP contribution in [0.1, 0.15) is 21.0 Å². The summed E-state index contributed by atoms with van der Waals surface area (Å²) >= 11 is 0. The third-order valence-corrected chi connectivity index (χ3v) is 3.04. The second kappa shape index (κ2) is 5.09. The first kappa shape index (κ1) is 12.9. The van der Waals surface area contributed by atoms with Crippen molar-refractivity contribution in [1.82, 2.24) is 9.97 Å². The summed E-state index contributed by atoms with van der Waals surface area (Å²) in [7, 11) is 0. The summed E-state index contributed by atoms with van der Waals surface area (Å²) in [4.78, 5) is 29.9. The second-order valence-electron chi connectivity index (χ2n) is 4.41. The van der Waals surface area contributed by atoms with E-state index in [1.165, 1.54) is 18.2 Å². The van der Waals surface area contributed by atoms with E-state index in [4.69, 9.17) is 5.11 Å². The average molecular weight is 281 g/mol. The fraction of sp³-hybridized carbons (Fsp3) is 0. The number of amides is 1. The number of aromatic nitrogens is 2. The minimum atomic E-state index is -1.17. The Bertz CT molecular complexity index is 839. The normalized spacial score (nSPS) is 10.5. The Labute approximate surface area is 119 Å². The summed E-state index contributed by atoms with van der Waals surface area (Å²) in [5, 5.41) is 12.5. The quantitative estimate of drug-likeness (QED) is 0.687. The number of carbonyl (C=O) groups is 2. The largest absolute Gasteiger partial charge is 0.477 e. The van der Waals surface area contributed by atoms with Crippen LogP contribution in [0.5, 0.6) is 0 Å². The first-order valence-corrected chi connectivity index (χ1v) is 6.23. The summed E-state index contributed by atoms with van der Waals surface area (Å²) in [6, 6.07) is 11.6. The predicted octanol–water partition coefficient (Wildman–Crippen LogP) is 2.51. The molecule has 0 fully saturated rings. The topological polar surface area (TPSA) is 95.1 Å². The maximum atomic E-state index is 12.2. The van der Waals surface area contributed by atoms with E-state index in [1.54, 1.807) is 12.3 Å². The molecule has 104 valence electrons. The number of hydrogen-bond acceptors (Lipinski definition) is 3. The number of carboxylic acid groups (broad SMARTS) is 1. The SMILES string of the molecule is O=C(O)c1cccc(C(=O)Nc2cccc3[nH]ccc23)n1. The van der Waals surface area contributed by atoms with Gasteiger partial charge in [0.15, 0.2) is 0 Å². The zero-order valence-corrected chi connectivity index (χ0v) is 10.8. The molecule has 0 atom stereocenters. The standard InChI is InChI=1S/C15H11N3O3/c19-14(12-5-2-6-13(17-12)15(20)21)18-11-4-1-3-10-9(11)7-8-16-10/h1-8,16H,(H,18,19)(H,20,21). The van der Waals surface area contributed by atoms with Gasteiger partial charge in [0, 0.05) is 17.1 Å². The molecule has 1 amide bonds. The molecule has 3 aromatic rings. The molecule has 0 bridgehead atoms. The van der Waals surface area contributed by atoms with Crippen molar-refractivity contribution in [2.75, 3.05) is 5.32 Å². The Morgan fingerprint density at radius 2 is 1.81 bits per heavy atom. The monoisotopic (exact) mass is 281 g/mol. The molecule has 6 nitrogen and oxygen atoms in total. The molecule has 2 aromatic heterocycles. The average Bonchev–Trinajstić information content (AvgIpc) is 2.97. The molecule has 0 unspecified atom stereocenters. The number of aromatic carboxylic acids is 1. The molecule has 21 heavy (non-hydrogen) atoms. The van der Waals surface area contributed by atoms with Crippen molar-refractivity contribution in [1.29, 1.82) is 0 Å². The van der Waals surface area contributed by atoms with Gasteiger partial charge in [0.1, 0.15) is 11.4 Å². The Hall–Kier alpha value is -3.15. The van der Waals surface area contributed by atoms with E-state index in [9.17, 15) is 9.59 Å². The number of pyridine rings is 1. The third kappa shape index (κ3) is 2.46. The van der Waals surface area contributed by atoms with Crippen molar-refractivity contribution in [3.63, 3.8) is 0 Å². The number of hydrogen-bond donors (Lipinski definition) is 3. The van der Waals surface area contributed by atoms with Crippen LogP contribution in [0.2, 0.25) is 0 Å². The maximum absolute atomic E-state index is 12.2. The zero-order chi connectivity index (χ0) is 14.8. The van der Waals surface area contributed by atoms with Gasteiger partial charge in [-0.25, -0.2) is 9.78 Å². The number of carbonyl (C=O) groups excluding carboxylic acids is 1. The van der Waals surface area contributed by atoms with Crippen LogP contribution >= 0.6 is 0 Å². The molecule has 2 heterocycles.